The summed E-state index contributed by atoms with van der Waals surface area (Å²) in [6.45, 7) is 4.23. The summed E-state index contributed by atoms with van der Waals surface area (Å²) in [4.78, 5) is 8.46. The van der Waals surface area contributed by atoms with Gasteiger partial charge in [-0.3, -0.25) is 4.98 Å². The van der Waals surface area contributed by atoms with Crippen molar-refractivity contribution < 1.29 is 4.39 Å². The van der Waals surface area contributed by atoms with E-state index in [0.29, 0.717) is 28.1 Å². The van der Waals surface area contributed by atoms with E-state index in [1.807, 2.05) is 18.2 Å². The topological polar surface area (TPSA) is 49.6 Å². The van der Waals surface area contributed by atoms with Crippen molar-refractivity contribution in [2.24, 2.45) is 5.92 Å². The van der Waals surface area contributed by atoms with E-state index in [1.54, 1.807) is 18.5 Å². The second-order valence-electron chi connectivity index (χ2n) is 6.39. The maximum atomic E-state index is 14.8. The van der Waals surface area contributed by atoms with Crippen LogP contribution < -0.4 is 0 Å². The highest BCUT2D eigenvalue weighted by atomic mass is 79.9. The Hall–Kier alpha value is -2.32. The molecule has 0 saturated carbocycles. The molecule has 0 aliphatic carbocycles. The van der Waals surface area contributed by atoms with E-state index in [-0.39, 0.29) is 10.3 Å². The average Bonchev–Trinajstić information content (AvgIpc) is 2.61. The molecule has 5 heteroatoms. The number of alkyl halides is 1. The summed E-state index contributed by atoms with van der Waals surface area (Å²) < 4.78 is 14.8. The lowest BCUT2D eigenvalue weighted by Crippen LogP contribution is -2.01. The van der Waals surface area contributed by atoms with Gasteiger partial charge in [-0.2, -0.15) is 5.26 Å². The van der Waals surface area contributed by atoms with Crippen LogP contribution in [0, 0.1) is 23.1 Å². The highest BCUT2D eigenvalue weighted by Gasteiger charge is 2.17. The molecule has 126 valence electrons. The number of aromatic nitrogens is 2. The Morgan fingerprint density at radius 2 is 1.88 bits per heavy atom. The summed E-state index contributed by atoms with van der Waals surface area (Å²) in [7, 11) is 0. The van der Waals surface area contributed by atoms with Gasteiger partial charge in [0, 0.05) is 17.8 Å². The van der Waals surface area contributed by atoms with Crippen LogP contribution >= 0.6 is 15.9 Å². The number of benzene rings is 1. The molecule has 0 radical (unpaired) electrons. The van der Waals surface area contributed by atoms with Crippen molar-refractivity contribution >= 4 is 26.8 Å². The number of rotatable bonds is 4. The van der Waals surface area contributed by atoms with E-state index in [0.717, 1.165) is 12.0 Å². The monoisotopic (exact) mass is 397 g/mol. The minimum Gasteiger partial charge on any atom is -0.265 e. The molecule has 2 heterocycles. The van der Waals surface area contributed by atoms with Gasteiger partial charge >= 0.3 is 0 Å². The fraction of sp³-hybridized carbons (Fsp3) is 0.250. The van der Waals surface area contributed by atoms with E-state index in [9.17, 15) is 9.65 Å². The zero-order valence-corrected chi connectivity index (χ0v) is 15.6. The van der Waals surface area contributed by atoms with E-state index in [4.69, 9.17) is 0 Å². The number of pyridine rings is 2. The Labute approximate surface area is 154 Å². The minimum atomic E-state index is -0.424. The Balaban J connectivity index is 2.18. The SMILES string of the molecule is CC(C)CC(Br)c1cc(C#N)c2cc(-c3ccncc3)cc(F)c2n1. The molecule has 25 heavy (non-hydrogen) atoms. The molecule has 3 nitrogen and oxygen atoms in total. The summed E-state index contributed by atoms with van der Waals surface area (Å²) in [6, 6.07) is 10.8. The highest BCUT2D eigenvalue weighted by molar-refractivity contribution is 9.09. The van der Waals surface area contributed by atoms with Gasteiger partial charge < -0.3 is 0 Å². The second kappa shape index (κ2) is 7.28. The fourth-order valence-corrected chi connectivity index (χ4v) is 3.79. The molecule has 0 spiro atoms. The van der Waals surface area contributed by atoms with Crippen LogP contribution in [0.5, 0.6) is 0 Å². The fourth-order valence-electron chi connectivity index (χ4n) is 2.80. The van der Waals surface area contributed by atoms with Crippen LogP contribution in [0.1, 0.15) is 36.4 Å². The van der Waals surface area contributed by atoms with Gasteiger partial charge in [0.2, 0.25) is 0 Å². The number of nitriles is 1. The van der Waals surface area contributed by atoms with Crippen LogP contribution in [-0.4, -0.2) is 9.97 Å². The maximum absolute atomic E-state index is 14.8. The van der Waals surface area contributed by atoms with Gasteiger partial charge in [-0.1, -0.05) is 29.8 Å². The van der Waals surface area contributed by atoms with Gasteiger partial charge in [-0.05, 0) is 53.8 Å². The van der Waals surface area contributed by atoms with Crippen molar-refractivity contribution in [3.63, 3.8) is 0 Å². The maximum Gasteiger partial charge on any atom is 0.150 e. The molecule has 0 amide bonds. The van der Waals surface area contributed by atoms with E-state index >= 15 is 0 Å². The van der Waals surface area contributed by atoms with Gasteiger partial charge in [-0.15, -0.1) is 0 Å². The smallest absolute Gasteiger partial charge is 0.150 e. The number of hydrogen-bond acceptors (Lipinski definition) is 3. The van der Waals surface area contributed by atoms with E-state index < -0.39 is 5.82 Å². The summed E-state index contributed by atoms with van der Waals surface area (Å²) in [5.74, 6) is 0.0400. The molecule has 0 fully saturated rings. The van der Waals surface area contributed by atoms with E-state index in [1.165, 1.54) is 6.07 Å². The third-order valence-electron chi connectivity index (χ3n) is 4.02. The predicted molar refractivity (Wildman–Crippen MR) is 101 cm³/mol. The molecule has 0 bridgehead atoms. The van der Waals surface area contributed by atoms with Crippen LogP contribution in [0.25, 0.3) is 22.0 Å². The first kappa shape index (κ1) is 17.5. The van der Waals surface area contributed by atoms with Gasteiger partial charge in [0.15, 0.2) is 0 Å². The molecule has 1 unspecified atom stereocenters. The molecule has 0 saturated heterocycles. The van der Waals surface area contributed by atoms with Crippen LogP contribution in [0.2, 0.25) is 0 Å². The normalized spacial score (nSPS) is 12.3. The van der Waals surface area contributed by atoms with Gasteiger partial charge in [0.25, 0.3) is 0 Å². The minimum absolute atomic E-state index is 0.0109. The lowest BCUT2D eigenvalue weighted by Gasteiger charge is -2.14. The molecule has 1 aromatic carbocycles. The lowest BCUT2D eigenvalue weighted by atomic mass is 9.99. The summed E-state index contributed by atoms with van der Waals surface area (Å²) in [5, 5.41) is 10.1. The third kappa shape index (κ3) is 3.69. The summed E-state index contributed by atoms with van der Waals surface area (Å²) in [6.07, 6.45) is 4.18. The van der Waals surface area contributed by atoms with Crippen molar-refractivity contribution in [1.82, 2.24) is 9.97 Å². The molecule has 3 aromatic rings. The zero-order valence-electron chi connectivity index (χ0n) is 14.0. The van der Waals surface area contributed by atoms with Crippen molar-refractivity contribution in [1.29, 1.82) is 5.26 Å². The Morgan fingerprint density at radius 1 is 1.16 bits per heavy atom. The lowest BCUT2D eigenvalue weighted by molar-refractivity contribution is 0.578. The van der Waals surface area contributed by atoms with Crippen LogP contribution in [-0.2, 0) is 0 Å². The quantitative estimate of drug-likeness (QED) is 0.523. The molecular weight excluding hydrogens is 381 g/mol. The molecule has 1 atom stereocenters. The first-order chi connectivity index (χ1) is 12.0. The highest BCUT2D eigenvalue weighted by Crippen LogP contribution is 2.33. The number of fused-ring (bicyclic) bond motifs is 1. The largest absolute Gasteiger partial charge is 0.265 e. The molecular formula is C20H17BrFN3. The van der Waals surface area contributed by atoms with Crippen molar-refractivity contribution in [3.05, 3.63) is 59.8 Å². The first-order valence-corrected chi connectivity index (χ1v) is 9.00. The molecule has 0 aliphatic heterocycles. The van der Waals surface area contributed by atoms with Gasteiger partial charge in [-0.25, -0.2) is 9.37 Å². The Morgan fingerprint density at radius 3 is 2.52 bits per heavy atom. The number of hydrogen-bond donors (Lipinski definition) is 0. The standard InChI is InChI=1S/C20H17BrFN3/c1-12(2)7-17(21)19-10-15(11-23)16-8-14(9-18(22)20(16)25-19)13-3-5-24-6-4-13/h3-6,8-10,12,17H,7H2,1-2H3. The van der Waals surface area contributed by atoms with Crippen LogP contribution in [0.4, 0.5) is 4.39 Å². The van der Waals surface area contributed by atoms with Crippen molar-refractivity contribution in [2.45, 2.75) is 25.1 Å². The Bertz CT molecular complexity index is 949. The van der Waals surface area contributed by atoms with E-state index in [2.05, 4.69) is 45.8 Å². The second-order valence-corrected chi connectivity index (χ2v) is 7.50. The zero-order chi connectivity index (χ0) is 18.0. The van der Waals surface area contributed by atoms with Crippen molar-refractivity contribution in [3.8, 4) is 17.2 Å². The molecule has 2 aromatic heterocycles. The first-order valence-electron chi connectivity index (χ1n) is 8.08. The number of nitrogens with zero attached hydrogens (tertiary/aromatic N) is 3. The number of halogens is 2. The van der Waals surface area contributed by atoms with Gasteiger partial charge in [0.1, 0.15) is 11.3 Å². The molecule has 0 aliphatic rings. The average molecular weight is 398 g/mol. The third-order valence-corrected chi connectivity index (χ3v) is 4.86. The van der Waals surface area contributed by atoms with Crippen molar-refractivity contribution in [2.75, 3.05) is 0 Å². The summed E-state index contributed by atoms with van der Waals surface area (Å²) >= 11 is 3.61. The molecule has 3 rings (SSSR count). The van der Waals surface area contributed by atoms with Gasteiger partial charge in [0.05, 0.1) is 22.2 Å². The summed E-state index contributed by atoms with van der Waals surface area (Å²) in [5.41, 5.74) is 2.91. The Kier molecular flexibility index (Phi) is 5.10. The van der Waals surface area contributed by atoms with Crippen LogP contribution in [0.3, 0.4) is 0 Å². The van der Waals surface area contributed by atoms with Crippen LogP contribution in [0.15, 0.2) is 42.7 Å². The predicted octanol–water partition coefficient (Wildman–Crippen LogP) is 5.79. The molecule has 0 N–H and O–H groups in total.